The van der Waals surface area contributed by atoms with E-state index in [1.165, 1.54) is 7.11 Å². The second-order valence-corrected chi connectivity index (χ2v) is 6.29. The van der Waals surface area contributed by atoms with Gasteiger partial charge in [0.1, 0.15) is 0 Å². The summed E-state index contributed by atoms with van der Waals surface area (Å²) >= 11 is 2.19. The number of amides is 1. The maximum atomic E-state index is 12.1. The van der Waals surface area contributed by atoms with Crippen LogP contribution < -0.4 is 5.32 Å². The van der Waals surface area contributed by atoms with Gasteiger partial charge in [-0.1, -0.05) is 12.1 Å². The predicted octanol–water partition coefficient (Wildman–Crippen LogP) is 2.11. The molecule has 0 bridgehead atoms. The van der Waals surface area contributed by atoms with Crippen LogP contribution in [0.5, 0.6) is 0 Å². The van der Waals surface area contributed by atoms with Gasteiger partial charge in [-0.05, 0) is 54.1 Å². The standard InChI is InChI=1S/C15H19IN2O3/c1-21-15(20)11-5-4-8-18(9-11)10-14(19)17-13-7-3-2-6-12(13)16/h2-3,6-7,11H,4-5,8-10H2,1H3,(H,17,19)/t11-/m0/s1. The molecule has 1 saturated heterocycles. The molecule has 0 unspecified atom stereocenters. The van der Waals surface area contributed by atoms with Crippen LogP contribution in [0.25, 0.3) is 0 Å². The lowest BCUT2D eigenvalue weighted by Crippen LogP contribution is -2.42. The number of hydrogen-bond donors (Lipinski definition) is 1. The van der Waals surface area contributed by atoms with Crippen LogP contribution in [0, 0.1) is 9.49 Å². The molecule has 0 aromatic heterocycles. The molecule has 0 aliphatic carbocycles. The molecule has 2 rings (SSSR count). The summed E-state index contributed by atoms with van der Waals surface area (Å²) in [6.07, 6.45) is 1.75. The van der Waals surface area contributed by atoms with Crippen LogP contribution in [0.15, 0.2) is 24.3 Å². The highest BCUT2D eigenvalue weighted by atomic mass is 127. The molecule has 0 spiro atoms. The van der Waals surface area contributed by atoms with Crippen LogP contribution in [0.4, 0.5) is 5.69 Å². The van der Waals surface area contributed by atoms with Gasteiger partial charge in [0.25, 0.3) is 0 Å². The summed E-state index contributed by atoms with van der Waals surface area (Å²) in [5.41, 5.74) is 0.824. The summed E-state index contributed by atoms with van der Waals surface area (Å²) in [5.74, 6) is -0.351. The third-order valence-electron chi connectivity index (χ3n) is 3.56. The van der Waals surface area contributed by atoms with Crippen LogP contribution >= 0.6 is 22.6 Å². The minimum Gasteiger partial charge on any atom is -0.469 e. The van der Waals surface area contributed by atoms with Crippen molar-refractivity contribution in [3.63, 3.8) is 0 Å². The third-order valence-corrected chi connectivity index (χ3v) is 4.50. The second-order valence-electron chi connectivity index (χ2n) is 5.13. The van der Waals surface area contributed by atoms with Gasteiger partial charge in [0, 0.05) is 10.1 Å². The largest absolute Gasteiger partial charge is 0.469 e. The Morgan fingerprint density at radius 1 is 1.43 bits per heavy atom. The Morgan fingerprint density at radius 2 is 2.19 bits per heavy atom. The van der Waals surface area contributed by atoms with Gasteiger partial charge in [0.2, 0.25) is 5.91 Å². The molecule has 1 atom stereocenters. The molecule has 1 fully saturated rings. The summed E-state index contributed by atoms with van der Waals surface area (Å²) < 4.78 is 5.80. The summed E-state index contributed by atoms with van der Waals surface area (Å²) in [4.78, 5) is 25.7. The second kappa shape index (κ2) is 7.74. The molecule has 0 saturated carbocycles. The van der Waals surface area contributed by atoms with Crippen molar-refractivity contribution in [1.82, 2.24) is 4.90 Å². The zero-order chi connectivity index (χ0) is 15.2. The first-order valence-corrected chi connectivity index (χ1v) is 8.02. The zero-order valence-corrected chi connectivity index (χ0v) is 14.1. The van der Waals surface area contributed by atoms with Crippen molar-refractivity contribution in [2.24, 2.45) is 5.92 Å². The first kappa shape index (κ1) is 16.2. The summed E-state index contributed by atoms with van der Waals surface area (Å²) in [6.45, 7) is 1.73. The number of nitrogens with zero attached hydrogens (tertiary/aromatic N) is 1. The Bertz CT molecular complexity index is 521. The number of esters is 1. The lowest BCUT2D eigenvalue weighted by molar-refractivity contribution is -0.147. The van der Waals surface area contributed by atoms with E-state index >= 15 is 0 Å². The molecular formula is C15H19IN2O3. The molecule has 21 heavy (non-hydrogen) atoms. The van der Waals surface area contributed by atoms with Crippen LogP contribution in [0.3, 0.4) is 0 Å². The van der Waals surface area contributed by atoms with Crippen molar-refractivity contribution in [3.8, 4) is 0 Å². The number of anilines is 1. The molecule has 5 nitrogen and oxygen atoms in total. The van der Waals surface area contributed by atoms with Gasteiger partial charge in [-0.15, -0.1) is 0 Å². The number of carbonyl (C=O) groups excluding carboxylic acids is 2. The van der Waals surface area contributed by atoms with Gasteiger partial charge < -0.3 is 10.1 Å². The number of ether oxygens (including phenoxy) is 1. The van der Waals surface area contributed by atoms with Crippen LogP contribution in [-0.2, 0) is 14.3 Å². The first-order chi connectivity index (χ1) is 10.1. The molecule has 1 amide bonds. The summed E-state index contributed by atoms with van der Waals surface area (Å²) in [7, 11) is 1.41. The molecule has 1 aliphatic heterocycles. The van der Waals surface area contributed by atoms with Gasteiger partial charge in [-0.3, -0.25) is 14.5 Å². The topological polar surface area (TPSA) is 58.6 Å². The average Bonchev–Trinajstić information content (AvgIpc) is 2.49. The van der Waals surface area contributed by atoms with E-state index in [4.69, 9.17) is 4.74 Å². The Morgan fingerprint density at radius 3 is 2.90 bits per heavy atom. The lowest BCUT2D eigenvalue weighted by Gasteiger charge is -2.30. The zero-order valence-electron chi connectivity index (χ0n) is 12.0. The van der Waals surface area contributed by atoms with E-state index in [9.17, 15) is 9.59 Å². The fourth-order valence-electron chi connectivity index (χ4n) is 2.51. The Kier molecular flexibility index (Phi) is 5.98. The van der Waals surface area contributed by atoms with Crippen LogP contribution in [0.1, 0.15) is 12.8 Å². The third kappa shape index (κ3) is 4.67. The number of likely N-dealkylation sites (tertiary alicyclic amines) is 1. The molecule has 1 aromatic rings. The van der Waals surface area contributed by atoms with E-state index in [-0.39, 0.29) is 17.8 Å². The van der Waals surface area contributed by atoms with Gasteiger partial charge >= 0.3 is 5.97 Å². The number of methoxy groups -OCH3 is 1. The molecule has 1 aliphatic rings. The number of benzene rings is 1. The van der Waals surface area contributed by atoms with Crippen LogP contribution in [-0.4, -0.2) is 43.5 Å². The van der Waals surface area contributed by atoms with Gasteiger partial charge in [0.05, 0.1) is 25.3 Å². The SMILES string of the molecule is COC(=O)[C@H]1CCCN(CC(=O)Nc2ccccc2I)C1. The van der Waals surface area contributed by atoms with Gasteiger partial charge in [-0.2, -0.15) is 0 Å². The highest BCUT2D eigenvalue weighted by Gasteiger charge is 2.27. The summed E-state index contributed by atoms with van der Waals surface area (Å²) in [6, 6.07) is 7.66. The molecule has 1 heterocycles. The van der Waals surface area contributed by atoms with E-state index in [0.29, 0.717) is 13.1 Å². The maximum Gasteiger partial charge on any atom is 0.309 e. The first-order valence-electron chi connectivity index (χ1n) is 6.94. The van der Waals surface area contributed by atoms with E-state index in [2.05, 4.69) is 27.9 Å². The fraction of sp³-hybridized carbons (Fsp3) is 0.467. The normalized spacial score (nSPS) is 19.0. The minimum absolute atomic E-state index is 0.0513. The van der Waals surface area contributed by atoms with E-state index in [1.807, 2.05) is 29.2 Å². The van der Waals surface area contributed by atoms with Crippen molar-refractivity contribution in [1.29, 1.82) is 0 Å². The summed E-state index contributed by atoms with van der Waals surface area (Å²) in [5, 5.41) is 2.91. The number of carbonyl (C=O) groups is 2. The van der Waals surface area contributed by atoms with Crippen LogP contribution in [0.2, 0.25) is 0 Å². The van der Waals surface area contributed by atoms with Crippen molar-refractivity contribution >= 4 is 40.2 Å². The van der Waals surface area contributed by atoms with Crippen molar-refractivity contribution in [3.05, 3.63) is 27.8 Å². The van der Waals surface area contributed by atoms with Gasteiger partial charge in [0.15, 0.2) is 0 Å². The van der Waals surface area contributed by atoms with E-state index in [1.54, 1.807) is 0 Å². The van der Waals surface area contributed by atoms with Gasteiger partial charge in [-0.25, -0.2) is 0 Å². The Labute approximate surface area is 138 Å². The molecular weight excluding hydrogens is 383 g/mol. The average molecular weight is 402 g/mol. The van der Waals surface area contributed by atoms with E-state index in [0.717, 1.165) is 28.6 Å². The van der Waals surface area contributed by atoms with E-state index < -0.39 is 0 Å². The van der Waals surface area contributed by atoms with Crippen molar-refractivity contribution in [2.75, 3.05) is 32.1 Å². The number of nitrogens with one attached hydrogen (secondary N) is 1. The quantitative estimate of drug-likeness (QED) is 0.619. The number of para-hydroxylation sites is 1. The number of rotatable bonds is 4. The Hall–Kier alpha value is -1.15. The lowest BCUT2D eigenvalue weighted by atomic mass is 9.98. The number of piperidine rings is 1. The molecule has 114 valence electrons. The fourth-order valence-corrected chi connectivity index (χ4v) is 3.04. The minimum atomic E-state index is -0.183. The smallest absolute Gasteiger partial charge is 0.309 e. The Balaban J connectivity index is 1.88. The predicted molar refractivity (Wildman–Crippen MR) is 89.0 cm³/mol. The molecule has 1 N–H and O–H groups in total. The molecule has 0 radical (unpaired) electrons. The number of hydrogen-bond acceptors (Lipinski definition) is 4. The highest BCUT2D eigenvalue weighted by Crippen LogP contribution is 2.19. The molecule has 1 aromatic carbocycles. The highest BCUT2D eigenvalue weighted by molar-refractivity contribution is 14.1. The van der Waals surface area contributed by atoms with Crippen molar-refractivity contribution in [2.45, 2.75) is 12.8 Å². The number of halogens is 1. The maximum absolute atomic E-state index is 12.1. The monoisotopic (exact) mass is 402 g/mol. The molecule has 6 heteroatoms. The van der Waals surface area contributed by atoms with Crippen molar-refractivity contribution < 1.29 is 14.3 Å².